The Morgan fingerprint density at radius 3 is 2.67 bits per heavy atom. The summed E-state index contributed by atoms with van der Waals surface area (Å²) in [5.41, 5.74) is 2.92. The molecule has 1 fully saturated rings. The molecule has 0 aromatic carbocycles. The summed E-state index contributed by atoms with van der Waals surface area (Å²) in [6, 6.07) is 0.646. The van der Waals surface area contributed by atoms with Crippen LogP contribution in [0.2, 0.25) is 0 Å². The van der Waals surface area contributed by atoms with Crippen molar-refractivity contribution in [2.45, 2.75) is 32.7 Å². The normalized spacial score (nSPS) is 22.5. The van der Waals surface area contributed by atoms with Crippen molar-refractivity contribution in [3.05, 3.63) is 22.7 Å². The Balaban J connectivity index is 2.15. The van der Waals surface area contributed by atoms with Crippen LogP contribution in [0.5, 0.6) is 0 Å². The fraction of sp³-hybridized carbons (Fsp3) is 0.667. The molecule has 1 aromatic rings. The molecule has 84 valence electrons. The van der Waals surface area contributed by atoms with E-state index in [1.165, 1.54) is 30.5 Å². The van der Waals surface area contributed by atoms with Crippen molar-refractivity contribution in [2.24, 2.45) is 0 Å². The van der Waals surface area contributed by atoms with Gasteiger partial charge in [-0.1, -0.05) is 7.68 Å². The Bertz CT molecular complexity index is 315. The van der Waals surface area contributed by atoms with Gasteiger partial charge in [0, 0.05) is 19.7 Å². The molecule has 1 aromatic heterocycles. The molecule has 0 unspecified atom stereocenters. The first-order valence-corrected chi connectivity index (χ1v) is 7.06. The van der Waals surface area contributed by atoms with Gasteiger partial charge in [0.25, 0.3) is 0 Å². The summed E-state index contributed by atoms with van der Waals surface area (Å²) in [6.07, 6.45) is 2.62. The van der Waals surface area contributed by atoms with Crippen LogP contribution < -0.4 is 4.67 Å². The molecule has 2 heterocycles. The van der Waals surface area contributed by atoms with E-state index in [-0.39, 0.29) is 7.68 Å². The second kappa shape index (κ2) is 4.69. The Kier molecular flexibility index (Phi) is 3.50. The molecule has 0 saturated carbocycles. The van der Waals surface area contributed by atoms with E-state index in [9.17, 15) is 0 Å². The highest BCUT2D eigenvalue weighted by atomic mass is 31.1. The summed E-state index contributed by atoms with van der Waals surface area (Å²) in [4.78, 5) is 0. The quantitative estimate of drug-likeness (QED) is 0.784. The predicted molar refractivity (Wildman–Crippen MR) is 66.6 cm³/mol. The number of rotatable bonds is 3. The minimum absolute atomic E-state index is 0.147. The van der Waals surface area contributed by atoms with Crippen LogP contribution in [0, 0.1) is 13.8 Å². The molecule has 0 bridgehead atoms. The SMILES string of the molecule is COC[C@H]1CCCN1p1cc(C)c(C)c1. The Labute approximate surface area is 93.3 Å². The Morgan fingerprint density at radius 1 is 1.40 bits per heavy atom. The fourth-order valence-electron chi connectivity index (χ4n) is 2.27. The summed E-state index contributed by atoms with van der Waals surface area (Å²) in [7, 11) is 1.66. The van der Waals surface area contributed by atoms with Crippen molar-refractivity contribution < 1.29 is 4.74 Å². The number of aryl methyl sites for hydroxylation is 2. The van der Waals surface area contributed by atoms with E-state index in [4.69, 9.17) is 4.74 Å². The van der Waals surface area contributed by atoms with Crippen LogP contribution in [-0.4, -0.2) is 26.3 Å². The van der Waals surface area contributed by atoms with E-state index < -0.39 is 0 Å². The lowest BCUT2D eigenvalue weighted by Crippen LogP contribution is -2.29. The largest absolute Gasteiger partial charge is 0.383 e. The van der Waals surface area contributed by atoms with Gasteiger partial charge in [-0.05, 0) is 49.4 Å². The van der Waals surface area contributed by atoms with Gasteiger partial charge >= 0.3 is 0 Å². The van der Waals surface area contributed by atoms with Crippen LogP contribution in [0.4, 0.5) is 0 Å². The van der Waals surface area contributed by atoms with Crippen LogP contribution >= 0.6 is 7.68 Å². The number of ether oxygens (including phenoxy) is 1. The fourth-order valence-corrected chi connectivity index (χ4v) is 4.78. The third-order valence-electron chi connectivity index (χ3n) is 3.28. The van der Waals surface area contributed by atoms with Crippen LogP contribution in [0.3, 0.4) is 0 Å². The van der Waals surface area contributed by atoms with Crippen LogP contribution in [-0.2, 0) is 4.74 Å². The van der Waals surface area contributed by atoms with Gasteiger partial charge in [-0.15, -0.1) is 0 Å². The van der Waals surface area contributed by atoms with Crippen molar-refractivity contribution in [2.75, 3.05) is 24.9 Å². The molecule has 3 heteroatoms. The van der Waals surface area contributed by atoms with Gasteiger partial charge in [-0.2, -0.15) is 0 Å². The van der Waals surface area contributed by atoms with Crippen molar-refractivity contribution in [1.29, 1.82) is 0 Å². The molecular formula is C12H20NOP. The van der Waals surface area contributed by atoms with E-state index in [2.05, 4.69) is 30.1 Å². The van der Waals surface area contributed by atoms with E-state index in [1.54, 1.807) is 7.11 Å². The molecule has 1 aliphatic heterocycles. The first-order chi connectivity index (χ1) is 7.22. The minimum Gasteiger partial charge on any atom is -0.383 e. The third-order valence-corrected chi connectivity index (χ3v) is 5.70. The summed E-state index contributed by atoms with van der Waals surface area (Å²) in [5.74, 6) is 4.89. The van der Waals surface area contributed by atoms with Crippen molar-refractivity contribution >= 4 is 7.68 Å². The monoisotopic (exact) mass is 225 g/mol. The zero-order valence-electron chi connectivity index (χ0n) is 9.86. The molecule has 0 radical (unpaired) electrons. The summed E-state index contributed by atoms with van der Waals surface area (Å²) in [5, 5.41) is 0. The average molecular weight is 225 g/mol. The van der Waals surface area contributed by atoms with E-state index in [0.717, 1.165) is 6.61 Å². The maximum absolute atomic E-state index is 5.30. The van der Waals surface area contributed by atoms with Crippen LogP contribution in [0.15, 0.2) is 11.6 Å². The molecule has 1 saturated heterocycles. The third kappa shape index (κ3) is 2.28. The summed E-state index contributed by atoms with van der Waals surface area (Å²) < 4.78 is 7.93. The molecule has 1 atom stereocenters. The predicted octanol–water partition coefficient (Wildman–Crippen LogP) is 3.04. The lowest BCUT2D eigenvalue weighted by molar-refractivity contribution is 0.182. The summed E-state index contributed by atoms with van der Waals surface area (Å²) >= 11 is 0. The molecule has 2 rings (SSSR count). The maximum Gasteiger partial charge on any atom is 0.0624 e. The number of nitrogens with zero attached hydrogens (tertiary/aromatic N) is 1. The molecule has 1 aliphatic rings. The zero-order chi connectivity index (χ0) is 10.8. The maximum atomic E-state index is 5.30. The Hall–Kier alpha value is -0.300. The highest BCUT2D eigenvalue weighted by molar-refractivity contribution is 7.50. The van der Waals surface area contributed by atoms with Crippen LogP contribution in [0.25, 0.3) is 0 Å². The topological polar surface area (TPSA) is 12.5 Å². The second-order valence-corrected chi connectivity index (χ2v) is 6.21. The smallest absolute Gasteiger partial charge is 0.0624 e. The molecule has 0 aliphatic carbocycles. The van der Waals surface area contributed by atoms with Crippen molar-refractivity contribution in [3.63, 3.8) is 0 Å². The first kappa shape index (κ1) is 11.2. The molecule has 0 amide bonds. The second-order valence-electron chi connectivity index (χ2n) is 4.42. The minimum atomic E-state index is -0.147. The average Bonchev–Trinajstić information content (AvgIpc) is 2.76. The first-order valence-electron chi connectivity index (χ1n) is 5.63. The van der Waals surface area contributed by atoms with Gasteiger partial charge < -0.3 is 4.74 Å². The molecule has 2 nitrogen and oxygen atoms in total. The molecule has 0 N–H and O–H groups in total. The lowest BCUT2D eigenvalue weighted by atomic mass is 10.2. The van der Waals surface area contributed by atoms with Gasteiger partial charge in [-0.25, -0.2) is 0 Å². The van der Waals surface area contributed by atoms with Crippen molar-refractivity contribution in [3.8, 4) is 0 Å². The zero-order valence-corrected chi connectivity index (χ0v) is 10.8. The van der Waals surface area contributed by atoms with Gasteiger partial charge in [0.15, 0.2) is 0 Å². The van der Waals surface area contributed by atoms with E-state index >= 15 is 0 Å². The highest BCUT2D eigenvalue weighted by Crippen LogP contribution is 2.39. The van der Waals surface area contributed by atoms with Gasteiger partial charge in [-0.3, -0.25) is 4.67 Å². The molecular weight excluding hydrogens is 205 g/mol. The highest BCUT2D eigenvalue weighted by Gasteiger charge is 2.25. The van der Waals surface area contributed by atoms with Gasteiger partial charge in [0.05, 0.1) is 6.61 Å². The number of hydrogen-bond donors (Lipinski definition) is 0. The van der Waals surface area contributed by atoms with Crippen LogP contribution in [0.1, 0.15) is 24.0 Å². The van der Waals surface area contributed by atoms with Gasteiger partial charge in [0.1, 0.15) is 0 Å². The molecule has 15 heavy (non-hydrogen) atoms. The van der Waals surface area contributed by atoms with Gasteiger partial charge in [0.2, 0.25) is 0 Å². The molecule has 0 spiro atoms. The Morgan fingerprint density at radius 2 is 2.07 bits per heavy atom. The number of hydrogen-bond acceptors (Lipinski definition) is 2. The lowest BCUT2D eigenvalue weighted by Gasteiger charge is -2.23. The summed E-state index contributed by atoms with van der Waals surface area (Å²) in [6.45, 7) is 6.57. The van der Waals surface area contributed by atoms with Crippen molar-refractivity contribution in [1.82, 2.24) is 0 Å². The number of methoxy groups -OCH3 is 1. The van der Waals surface area contributed by atoms with E-state index in [1.807, 2.05) is 0 Å². The van der Waals surface area contributed by atoms with E-state index in [0.29, 0.717) is 6.04 Å². The standard InChI is InChI=1S/C12H20NOP/c1-10-8-15(9-11(10)2)13-6-4-5-12(13)7-14-3/h8-9,12H,4-7H2,1-3H3/t12-/m1/s1.